The number of carbonyl (C=O) groups is 1. The van der Waals surface area contributed by atoms with Gasteiger partial charge < -0.3 is 20.1 Å². The van der Waals surface area contributed by atoms with E-state index in [-0.39, 0.29) is 12.5 Å². The van der Waals surface area contributed by atoms with E-state index in [9.17, 15) is 4.79 Å². The maximum Gasteiger partial charge on any atom is 0.250 e. The van der Waals surface area contributed by atoms with Crippen molar-refractivity contribution in [3.05, 3.63) is 42.4 Å². The first-order chi connectivity index (χ1) is 11.2. The summed E-state index contributed by atoms with van der Waals surface area (Å²) >= 11 is 0. The lowest BCUT2D eigenvalue weighted by molar-refractivity contribution is -0.121. The van der Waals surface area contributed by atoms with Gasteiger partial charge in [0, 0.05) is 30.2 Å². The Morgan fingerprint density at radius 2 is 1.87 bits per heavy atom. The number of nitrogens with zero attached hydrogens (tertiary/aromatic N) is 2. The number of aryl methyl sites for hydroxylation is 1. The minimum atomic E-state index is -0.201. The van der Waals surface area contributed by atoms with Crippen LogP contribution in [0.3, 0.4) is 0 Å². The predicted octanol–water partition coefficient (Wildman–Crippen LogP) is 2.13. The summed E-state index contributed by atoms with van der Waals surface area (Å²) in [5, 5.41) is 5.93. The Balaban J connectivity index is 1.83. The number of methoxy groups -OCH3 is 1. The number of aromatic nitrogens is 2. The van der Waals surface area contributed by atoms with Crippen molar-refractivity contribution in [2.75, 3.05) is 37.6 Å². The highest BCUT2D eigenvalue weighted by atomic mass is 16.5. The van der Waals surface area contributed by atoms with E-state index in [1.54, 1.807) is 7.11 Å². The van der Waals surface area contributed by atoms with Gasteiger partial charge in [-0.05, 0) is 31.2 Å². The van der Waals surface area contributed by atoms with Crippen LogP contribution in [0.2, 0.25) is 0 Å². The first kappa shape index (κ1) is 16.9. The molecule has 0 aliphatic rings. The molecule has 0 radical (unpaired) electrons. The first-order valence-electron chi connectivity index (χ1n) is 7.19. The number of nitrogens with one attached hydrogen (secondary N) is 2. The van der Waals surface area contributed by atoms with Crippen LogP contribution in [-0.2, 0) is 14.3 Å². The van der Waals surface area contributed by atoms with Crippen LogP contribution < -0.4 is 10.6 Å². The molecule has 7 heteroatoms. The number of anilines is 3. The zero-order valence-electron chi connectivity index (χ0n) is 13.2. The zero-order valence-corrected chi connectivity index (χ0v) is 13.2. The molecule has 0 fully saturated rings. The summed E-state index contributed by atoms with van der Waals surface area (Å²) in [5.41, 5.74) is 2.46. The highest BCUT2D eigenvalue weighted by Crippen LogP contribution is 2.17. The molecular formula is C16H20N4O3. The molecule has 0 spiro atoms. The fourth-order valence-electron chi connectivity index (χ4n) is 1.81. The molecule has 1 aromatic heterocycles. The third-order valence-corrected chi connectivity index (χ3v) is 2.91. The molecule has 0 saturated heterocycles. The monoisotopic (exact) mass is 316 g/mol. The number of ether oxygens (including phenoxy) is 2. The van der Waals surface area contributed by atoms with E-state index >= 15 is 0 Å². The van der Waals surface area contributed by atoms with E-state index < -0.39 is 0 Å². The quantitative estimate of drug-likeness (QED) is 0.726. The van der Waals surface area contributed by atoms with E-state index in [1.165, 1.54) is 6.33 Å². The van der Waals surface area contributed by atoms with Gasteiger partial charge in [-0.3, -0.25) is 4.79 Å². The average molecular weight is 316 g/mol. The summed E-state index contributed by atoms with van der Waals surface area (Å²) < 4.78 is 10.00. The van der Waals surface area contributed by atoms with E-state index in [2.05, 4.69) is 20.6 Å². The van der Waals surface area contributed by atoms with Gasteiger partial charge >= 0.3 is 0 Å². The molecule has 0 saturated carbocycles. The molecule has 23 heavy (non-hydrogen) atoms. The maximum absolute atomic E-state index is 11.7. The molecule has 1 aromatic carbocycles. The second-order valence-electron chi connectivity index (χ2n) is 4.84. The van der Waals surface area contributed by atoms with E-state index in [4.69, 9.17) is 9.47 Å². The van der Waals surface area contributed by atoms with Crippen molar-refractivity contribution in [1.82, 2.24) is 9.97 Å². The highest BCUT2D eigenvalue weighted by molar-refractivity contribution is 5.91. The normalized spacial score (nSPS) is 10.3. The fourth-order valence-corrected chi connectivity index (χ4v) is 1.81. The smallest absolute Gasteiger partial charge is 0.250 e. The van der Waals surface area contributed by atoms with Crippen molar-refractivity contribution >= 4 is 23.1 Å². The number of hydrogen-bond donors (Lipinski definition) is 2. The lowest BCUT2D eigenvalue weighted by atomic mass is 10.2. The first-order valence-corrected chi connectivity index (χ1v) is 7.19. The highest BCUT2D eigenvalue weighted by Gasteiger charge is 2.03. The van der Waals surface area contributed by atoms with Crippen LogP contribution in [0.4, 0.5) is 17.2 Å². The third-order valence-electron chi connectivity index (χ3n) is 2.91. The van der Waals surface area contributed by atoms with Crippen molar-refractivity contribution < 1.29 is 14.3 Å². The summed E-state index contributed by atoms with van der Waals surface area (Å²) in [5.74, 6) is 0.522. The predicted molar refractivity (Wildman–Crippen MR) is 87.8 cm³/mol. The van der Waals surface area contributed by atoms with Crippen LogP contribution in [0.1, 0.15) is 5.69 Å². The number of amides is 1. The Labute approximate surface area is 135 Å². The molecule has 0 atom stereocenters. The van der Waals surface area contributed by atoms with Gasteiger partial charge in [0.25, 0.3) is 0 Å². The van der Waals surface area contributed by atoms with Gasteiger partial charge in [-0.1, -0.05) is 0 Å². The number of benzene rings is 1. The van der Waals surface area contributed by atoms with Crippen LogP contribution in [0, 0.1) is 6.92 Å². The van der Waals surface area contributed by atoms with Crippen molar-refractivity contribution in [3.63, 3.8) is 0 Å². The van der Waals surface area contributed by atoms with E-state index in [0.717, 1.165) is 17.2 Å². The Hall–Kier alpha value is -2.51. The summed E-state index contributed by atoms with van der Waals surface area (Å²) in [4.78, 5) is 19.9. The molecular weight excluding hydrogens is 296 g/mol. The van der Waals surface area contributed by atoms with Gasteiger partial charge in [0.1, 0.15) is 18.8 Å². The van der Waals surface area contributed by atoms with Crippen LogP contribution in [0.5, 0.6) is 0 Å². The van der Waals surface area contributed by atoms with Gasteiger partial charge in [-0.2, -0.15) is 0 Å². The molecule has 0 unspecified atom stereocenters. The summed E-state index contributed by atoms with van der Waals surface area (Å²) in [6.07, 6.45) is 1.51. The molecule has 0 bridgehead atoms. The molecule has 2 aromatic rings. The fraction of sp³-hybridized carbons (Fsp3) is 0.312. The maximum atomic E-state index is 11.7. The van der Waals surface area contributed by atoms with Gasteiger partial charge in [-0.15, -0.1) is 0 Å². The van der Waals surface area contributed by atoms with Gasteiger partial charge in [-0.25, -0.2) is 9.97 Å². The zero-order chi connectivity index (χ0) is 16.5. The lowest BCUT2D eigenvalue weighted by Gasteiger charge is -2.08. The van der Waals surface area contributed by atoms with E-state index in [0.29, 0.717) is 18.9 Å². The molecule has 0 aliphatic heterocycles. The molecule has 1 amide bonds. The Morgan fingerprint density at radius 3 is 2.57 bits per heavy atom. The molecule has 7 nitrogen and oxygen atoms in total. The second kappa shape index (κ2) is 8.82. The molecule has 2 rings (SSSR count). The number of rotatable bonds is 8. The van der Waals surface area contributed by atoms with Gasteiger partial charge in [0.15, 0.2) is 0 Å². The van der Waals surface area contributed by atoms with Crippen LogP contribution in [0.15, 0.2) is 36.7 Å². The van der Waals surface area contributed by atoms with Crippen molar-refractivity contribution in [3.8, 4) is 0 Å². The summed E-state index contributed by atoms with van der Waals surface area (Å²) in [6.45, 7) is 2.77. The number of hydrogen-bond acceptors (Lipinski definition) is 6. The van der Waals surface area contributed by atoms with Crippen molar-refractivity contribution in [1.29, 1.82) is 0 Å². The van der Waals surface area contributed by atoms with Gasteiger partial charge in [0.2, 0.25) is 5.91 Å². The molecule has 0 aliphatic carbocycles. The third kappa shape index (κ3) is 6.01. The van der Waals surface area contributed by atoms with Crippen LogP contribution >= 0.6 is 0 Å². The largest absolute Gasteiger partial charge is 0.382 e. The van der Waals surface area contributed by atoms with Crippen molar-refractivity contribution in [2.24, 2.45) is 0 Å². The summed E-state index contributed by atoms with van der Waals surface area (Å²) in [7, 11) is 1.59. The number of carbonyl (C=O) groups excluding carboxylic acids is 1. The topological polar surface area (TPSA) is 85.4 Å². The van der Waals surface area contributed by atoms with E-state index in [1.807, 2.05) is 37.3 Å². The Morgan fingerprint density at radius 1 is 1.13 bits per heavy atom. The van der Waals surface area contributed by atoms with Gasteiger partial charge in [0.05, 0.1) is 13.2 Å². The second-order valence-corrected chi connectivity index (χ2v) is 4.84. The lowest BCUT2D eigenvalue weighted by Crippen LogP contribution is -2.19. The standard InChI is InChI=1S/C16H20N4O3/c1-12-9-15(18-11-17-12)19-13-3-5-14(6-4-13)20-16(21)10-23-8-7-22-2/h3-6,9,11H,7-8,10H2,1-2H3,(H,20,21)(H,17,18,19). The van der Waals surface area contributed by atoms with Crippen LogP contribution in [0.25, 0.3) is 0 Å². The Bertz CT molecular complexity index is 631. The molecule has 1 heterocycles. The minimum absolute atomic E-state index is 0.00355. The van der Waals surface area contributed by atoms with Crippen molar-refractivity contribution in [2.45, 2.75) is 6.92 Å². The van der Waals surface area contributed by atoms with Crippen LogP contribution in [-0.4, -0.2) is 42.8 Å². The average Bonchev–Trinajstić information content (AvgIpc) is 2.54. The molecule has 122 valence electrons. The minimum Gasteiger partial charge on any atom is -0.382 e. The summed E-state index contributed by atoms with van der Waals surface area (Å²) in [6, 6.07) is 9.19. The Kier molecular flexibility index (Phi) is 6.46. The SMILES string of the molecule is COCCOCC(=O)Nc1ccc(Nc2cc(C)ncn2)cc1. The molecule has 2 N–H and O–H groups in total.